The third-order valence-electron chi connectivity index (χ3n) is 7.69. The minimum absolute atomic E-state index is 0.0686. The van der Waals surface area contributed by atoms with Gasteiger partial charge in [-0.25, -0.2) is 0 Å². The zero-order valence-corrected chi connectivity index (χ0v) is 21.0. The monoisotopic (exact) mass is 528 g/mol. The van der Waals surface area contributed by atoms with Crippen LogP contribution in [-0.2, 0) is 26.3 Å². The van der Waals surface area contributed by atoms with Gasteiger partial charge in [-0.05, 0) is 69.1 Å². The van der Waals surface area contributed by atoms with Gasteiger partial charge in [0, 0.05) is 40.9 Å². The van der Waals surface area contributed by atoms with E-state index in [0.29, 0.717) is 11.6 Å². The van der Waals surface area contributed by atoms with Crippen molar-refractivity contribution in [3.8, 4) is 5.75 Å². The molecule has 0 spiro atoms. The van der Waals surface area contributed by atoms with E-state index in [0.717, 1.165) is 55.4 Å². The Morgan fingerprint density at radius 3 is 2.13 bits per heavy atom. The normalized spacial score (nSPS) is 32.3. The van der Waals surface area contributed by atoms with Gasteiger partial charge < -0.3 is 5.11 Å². The van der Waals surface area contributed by atoms with Crippen molar-refractivity contribution in [3.05, 3.63) is 33.4 Å². The van der Waals surface area contributed by atoms with Crippen LogP contribution in [0.5, 0.6) is 5.75 Å². The van der Waals surface area contributed by atoms with Gasteiger partial charge in [-0.15, -0.1) is 0 Å². The molecular formula is C22H28Cl2N2O3Zr. The van der Waals surface area contributed by atoms with Crippen LogP contribution in [0.2, 0.25) is 0 Å². The molecule has 5 aliphatic rings. The molecule has 1 N–H and O–H groups in total. The number of non-ortho nitro benzene ring substituents is 1. The third-order valence-corrected chi connectivity index (χ3v) is 7.69. The van der Waals surface area contributed by atoms with Gasteiger partial charge in [-0.1, -0.05) is 12.8 Å². The maximum absolute atomic E-state index is 11.6. The number of phenolic OH excluding ortho intramolecular Hbond substituents is 1. The van der Waals surface area contributed by atoms with Crippen LogP contribution in [0.4, 0.5) is 5.69 Å². The van der Waals surface area contributed by atoms with Gasteiger partial charge in [-0.2, -0.15) is 0 Å². The summed E-state index contributed by atoms with van der Waals surface area (Å²) in [5.41, 5.74) is 1.37. The summed E-state index contributed by atoms with van der Waals surface area (Å²) in [6, 6.07) is 3.46. The van der Waals surface area contributed by atoms with E-state index in [9.17, 15) is 15.2 Å². The number of aliphatic imine (C=N–C) groups is 1. The zero-order valence-electron chi connectivity index (χ0n) is 17.0. The predicted molar refractivity (Wildman–Crippen MR) is 116 cm³/mol. The first-order valence-electron chi connectivity index (χ1n) is 11.0. The summed E-state index contributed by atoms with van der Waals surface area (Å²) in [4.78, 5) is 15.9. The van der Waals surface area contributed by atoms with Gasteiger partial charge in [0.15, 0.2) is 0 Å². The molecule has 0 amide bonds. The second-order valence-electron chi connectivity index (χ2n) is 9.67. The number of halogens is 2. The fourth-order valence-electron chi connectivity index (χ4n) is 6.93. The van der Waals surface area contributed by atoms with Crippen LogP contribution in [0.3, 0.4) is 0 Å². The number of phenols is 1. The van der Waals surface area contributed by atoms with Crippen molar-refractivity contribution in [2.24, 2.45) is 22.7 Å². The van der Waals surface area contributed by atoms with Crippen LogP contribution in [0.1, 0.15) is 75.3 Å². The van der Waals surface area contributed by atoms with Gasteiger partial charge in [0.1, 0.15) is 5.75 Å². The molecule has 6 rings (SSSR count). The Balaban J connectivity index is 0.000000687. The fourth-order valence-corrected chi connectivity index (χ4v) is 6.93. The first-order chi connectivity index (χ1) is 14.4. The number of hydrogen-bond donors (Lipinski definition) is 1. The standard InChI is InChI=1S/C22H28N2O3.2ClH.Zr/c25-21-17(13-23-18-3-1-2-4-18)8-19(24(26)27)9-20(21)22-10-14-5-15(11-22)7-16(6-14)12-22;;;/h8-9,13-16,18,25H,1-7,10-12H2;2*1H;/q;;;+2/p-2. The summed E-state index contributed by atoms with van der Waals surface area (Å²) in [6.07, 6.45) is 13.4. The molecule has 8 heteroatoms. The Morgan fingerprint density at radius 2 is 1.63 bits per heavy atom. The van der Waals surface area contributed by atoms with Crippen molar-refractivity contribution >= 4 is 28.9 Å². The van der Waals surface area contributed by atoms with E-state index in [2.05, 4.69) is 4.99 Å². The molecule has 5 aliphatic carbocycles. The van der Waals surface area contributed by atoms with Crippen molar-refractivity contribution in [1.29, 1.82) is 0 Å². The minimum atomic E-state index is -0.826. The average Bonchev–Trinajstić information content (AvgIpc) is 3.20. The number of nitro groups is 1. The topological polar surface area (TPSA) is 75.7 Å². The first kappa shape index (κ1) is 22.7. The van der Waals surface area contributed by atoms with Gasteiger partial charge in [-0.3, -0.25) is 15.1 Å². The van der Waals surface area contributed by atoms with E-state index in [1.165, 1.54) is 38.2 Å². The third kappa shape index (κ3) is 4.66. The number of aromatic hydroxyl groups is 1. The Labute approximate surface area is 196 Å². The van der Waals surface area contributed by atoms with Crippen LogP contribution in [-0.4, -0.2) is 22.3 Å². The van der Waals surface area contributed by atoms with E-state index in [1.807, 2.05) is 0 Å². The van der Waals surface area contributed by atoms with Gasteiger partial charge in [0.25, 0.3) is 5.69 Å². The summed E-state index contributed by atoms with van der Waals surface area (Å²) in [5.74, 6) is 2.42. The number of hydrogen-bond acceptors (Lipinski definition) is 4. The van der Waals surface area contributed by atoms with Gasteiger partial charge in [0.2, 0.25) is 0 Å². The van der Waals surface area contributed by atoms with Crippen LogP contribution < -0.4 is 0 Å². The summed E-state index contributed by atoms with van der Waals surface area (Å²) in [6.45, 7) is 0. The molecule has 0 unspecified atom stereocenters. The fraction of sp³-hybridized carbons (Fsp3) is 0.682. The molecule has 4 bridgehead atoms. The maximum atomic E-state index is 11.6. The van der Waals surface area contributed by atoms with Crippen LogP contribution >= 0.6 is 17.0 Å². The van der Waals surface area contributed by atoms with E-state index in [-0.39, 0.29) is 21.8 Å². The zero-order chi connectivity index (χ0) is 21.3. The Bertz CT molecular complexity index is 792. The molecule has 1 aromatic rings. The van der Waals surface area contributed by atoms with Gasteiger partial charge in [0.05, 0.1) is 4.92 Å². The van der Waals surface area contributed by atoms with Crippen LogP contribution in [0, 0.1) is 27.9 Å². The SMILES string of the molecule is O=[N+]([O-])c1cc(C=NC2CCCC2)c(O)c(C23CC4CC(CC(C4)C2)C3)c1.[Cl][Zr][Cl]. The van der Waals surface area contributed by atoms with Crippen molar-refractivity contribution in [2.45, 2.75) is 75.7 Å². The molecule has 5 fully saturated rings. The Kier molecular flexibility index (Phi) is 7.27. The van der Waals surface area contributed by atoms with E-state index in [4.69, 9.17) is 17.0 Å². The second kappa shape index (κ2) is 9.59. The predicted octanol–water partition coefficient (Wildman–Crippen LogP) is 6.51. The molecule has 0 saturated heterocycles. The van der Waals surface area contributed by atoms with Crippen LogP contribution in [0.25, 0.3) is 0 Å². The van der Waals surface area contributed by atoms with Crippen molar-refractivity contribution in [3.63, 3.8) is 0 Å². The summed E-state index contributed by atoms with van der Waals surface area (Å²) in [7, 11) is 9.87. The number of nitro benzene ring substituents is 1. The summed E-state index contributed by atoms with van der Waals surface area (Å²) in [5, 5.41) is 22.7. The number of benzene rings is 1. The van der Waals surface area contributed by atoms with Crippen molar-refractivity contribution < 1.29 is 30.9 Å². The Hall–Kier alpha value is -0.447. The summed E-state index contributed by atoms with van der Waals surface area (Å²) >= 11 is -0.826. The molecule has 1 aromatic carbocycles. The average molecular weight is 531 g/mol. The first-order valence-corrected chi connectivity index (χ1v) is 17.3. The molecule has 0 heterocycles. The van der Waals surface area contributed by atoms with E-state index < -0.39 is 20.8 Å². The van der Waals surface area contributed by atoms with E-state index >= 15 is 0 Å². The molecule has 0 radical (unpaired) electrons. The number of nitrogens with zero attached hydrogens (tertiary/aromatic N) is 2. The number of rotatable bonds is 4. The molecule has 0 atom stereocenters. The van der Waals surface area contributed by atoms with E-state index in [1.54, 1.807) is 12.3 Å². The molecule has 5 nitrogen and oxygen atoms in total. The quantitative estimate of drug-likeness (QED) is 0.274. The Morgan fingerprint density at radius 1 is 1.10 bits per heavy atom. The van der Waals surface area contributed by atoms with Crippen LogP contribution in [0.15, 0.2) is 17.1 Å². The van der Waals surface area contributed by atoms with Gasteiger partial charge >= 0.3 is 37.9 Å². The molecule has 162 valence electrons. The molecular weight excluding hydrogens is 502 g/mol. The second-order valence-corrected chi connectivity index (χ2v) is 13.4. The summed E-state index contributed by atoms with van der Waals surface area (Å²) < 4.78 is 0. The molecule has 30 heavy (non-hydrogen) atoms. The molecule has 5 saturated carbocycles. The molecule has 0 aliphatic heterocycles. The van der Waals surface area contributed by atoms with Crippen molar-refractivity contribution in [2.75, 3.05) is 0 Å². The molecule has 0 aromatic heterocycles. The van der Waals surface area contributed by atoms with Crippen molar-refractivity contribution in [1.82, 2.24) is 0 Å².